The van der Waals surface area contributed by atoms with Gasteiger partial charge in [-0.1, -0.05) is 27.7 Å². The van der Waals surface area contributed by atoms with E-state index >= 15 is 0 Å². The highest BCUT2D eigenvalue weighted by Gasteiger charge is 2.11. The van der Waals surface area contributed by atoms with Crippen molar-refractivity contribution in [2.75, 3.05) is 18.4 Å². The lowest BCUT2D eigenvalue weighted by Crippen LogP contribution is -2.25. The third-order valence-electron chi connectivity index (χ3n) is 3.30. The first-order valence-corrected chi connectivity index (χ1v) is 7.98. The first-order valence-electron chi connectivity index (χ1n) is 7.98. The highest BCUT2D eigenvalue weighted by molar-refractivity contribution is 5.95. The maximum absolute atomic E-state index is 12.3. The summed E-state index contributed by atoms with van der Waals surface area (Å²) < 4.78 is 0. The van der Waals surface area contributed by atoms with Gasteiger partial charge in [-0.2, -0.15) is 0 Å². The van der Waals surface area contributed by atoms with Gasteiger partial charge in [0.15, 0.2) is 0 Å². The third kappa shape index (κ3) is 6.15. The van der Waals surface area contributed by atoms with Crippen LogP contribution in [0.5, 0.6) is 0 Å². The van der Waals surface area contributed by atoms with Crippen LogP contribution in [0.2, 0.25) is 0 Å². The van der Waals surface area contributed by atoms with E-state index < -0.39 is 0 Å². The molecule has 1 heterocycles. The van der Waals surface area contributed by atoms with Crippen molar-refractivity contribution in [1.82, 2.24) is 10.3 Å². The molecule has 4 heteroatoms. The fourth-order valence-electron chi connectivity index (χ4n) is 2.06. The average Bonchev–Trinajstić information content (AvgIpc) is 2.43. The largest absolute Gasteiger partial charge is 0.370 e. The van der Waals surface area contributed by atoms with E-state index in [0.29, 0.717) is 17.4 Å². The smallest absolute Gasteiger partial charge is 0.251 e. The SMILES string of the molecule is CCNc1cc(C(=O)NCCCC(C)C)cc(C(C)C)n1. The van der Waals surface area contributed by atoms with Crippen LogP contribution in [0.25, 0.3) is 0 Å². The molecule has 1 aromatic heterocycles. The molecule has 0 spiro atoms. The second kappa shape index (κ2) is 8.65. The molecule has 0 aromatic carbocycles. The van der Waals surface area contributed by atoms with Gasteiger partial charge in [-0.3, -0.25) is 4.79 Å². The van der Waals surface area contributed by atoms with E-state index in [0.717, 1.165) is 37.4 Å². The Hall–Kier alpha value is -1.58. The molecule has 0 unspecified atom stereocenters. The molecule has 2 N–H and O–H groups in total. The Morgan fingerprint density at radius 1 is 1.24 bits per heavy atom. The van der Waals surface area contributed by atoms with Crippen LogP contribution in [-0.2, 0) is 0 Å². The Labute approximate surface area is 128 Å². The van der Waals surface area contributed by atoms with E-state index in [2.05, 4.69) is 43.3 Å². The molecule has 21 heavy (non-hydrogen) atoms. The summed E-state index contributed by atoms with van der Waals surface area (Å²) in [5, 5.41) is 6.18. The molecule has 1 rings (SSSR count). The molecule has 0 aliphatic heterocycles. The van der Waals surface area contributed by atoms with Gasteiger partial charge in [0.2, 0.25) is 0 Å². The number of nitrogens with one attached hydrogen (secondary N) is 2. The number of pyridine rings is 1. The first kappa shape index (κ1) is 17.5. The van der Waals surface area contributed by atoms with Crippen LogP contribution in [0.3, 0.4) is 0 Å². The third-order valence-corrected chi connectivity index (χ3v) is 3.30. The Bertz CT molecular complexity index is 455. The molecule has 0 atom stereocenters. The lowest BCUT2D eigenvalue weighted by atomic mass is 10.1. The number of anilines is 1. The quantitative estimate of drug-likeness (QED) is 0.716. The van der Waals surface area contributed by atoms with E-state index in [4.69, 9.17) is 0 Å². The summed E-state index contributed by atoms with van der Waals surface area (Å²) in [6.07, 6.45) is 2.15. The fourth-order valence-corrected chi connectivity index (χ4v) is 2.06. The molecular weight excluding hydrogens is 262 g/mol. The van der Waals surface area contributed by atoms with Crippen LogP contribution in [-0.4, -0.2) is 24.0 Å². The van der Waals surface area contributed by atoms with Gasteiger partial charge >= 0.3 is 0 Å². The maximum atomic E-state index is 12.3. The van der Waals surface area contributed by atoms with Crippen LogP contribution in [0.1, 0.15) is 69.4 Å². The summed E-state index contributed by atoms with van der Waals surface area (Å²) in [5.74, 6) is 1.74. The number of aromatic nitrogens is 1. The van der Waals surface area contributed by atoms with Gasteiger partial charge in [0.05, 0.1) is 0 Å². The molecule has 4 nitrogen and oxygen atoms in total. The monoisotopic (exact) mass is 291 g/mol. The number of hydrogen-bond donors (Lipinski definition) is 2. The minimum absolute atomic E-state index is 0.0118. The van der Waals surface area contributed by atoms with E-state index in [9.17, 15) is 4.79 Å². The summed E-state index contributed by atoms with van der Waals surface area (Å²) in [4.78, 5) is 16.8. The zero-order chi connectivity index (χ0) is 15.8. The Kier molecular flexibility index (Phi) is 7.20. The van der Waals surface area contributed by atoms with Gasteiger partial charge in [0.25, 0.3) is 5.91 Å². The van der Waals surface area contributed by atoms with Crippen molar-refractivity contribution in [3.63, 3.8) is 0 Å². The number of amides is 1. The number of carbonyl (C=O) groups excluding carboxylic acids is 1. The normalized spacial score (nSPS) is 11.0. The second-order valence-electron chi connectivity index (χ2n) is 6.14. The highest BCUT2D eigenvalue weighted by Crippen LogP contribution is 2.17. The van der Waals surface area contributed by atoms with Gasteiger partial charge < -0.3 is 10.6 Å². The fraction of sp³-hybridized carbons (Fsp3) is 0.647. The number of rotatable bonds is 8. The predicted molar refractivity (Wildman–Crippen MR) is 88.9 cm³/mol. The lowest BCUT2D eigenvalue weighted by molar-refractivity contribution is 0.0952. The van der Waals surface area contributed by atoms with E-state index in [-0.39, 0.29) is 5.91 Å². The van der Waals surface area contributed by atoms with Crippen molar-refractivity contribution >= 4 is 11.7 Å². The molecule has 0 radical (unpaired) electrons. The number of hydrogen-bond acceptors (Lipinski definition) is 3. The molecule has 0 saturated heterocycles. The van der Waals surface area contributed by atoms with Gasteiger partial charge in [-0.15, -0.1) is 0 Å². The van der Waals surface area contributed by atoms with Crippen LogP contribution in [0, 0.1) is 5.92 Å². The number of carbonyl (C=O) groups is 1. The van der Waals surface area contributed by atoms with Crippen molar-refractivity contribution < 1.29 is 4.79 Å². The van der Waals surface area contributed by atoms with E-state index in [1.165, 1.54) is 0 Å². The summed E-state index contributed by atoms with van der Waals surface area (Å²) in [5.41, 5.74) is 1.63. The van der Waals surface area contributed by atoms with Crippen molar-refractivity contribution in [3.05, 3.63) is 23.4 Å². The van der Waals surface area contributed by atoms with Crippen molar-refractivity contribution in [2.45, 2.75) is 53.4 Å². The molecule has 0 saturated carbocycles. The molecule has 1 aromatic rings. The molecular formula is C17H29N3O. The molecule has 0 aliphatic rings. The van der Waals surface area contributed by atoms with Crippen LogP contribution in [0.4, 0.5) is 5.82 Å². The van der Waals surface area contributed by atoms with E-state index in [1.807, 2.05) is 19.1 Å². The van der Waals surface area contributed by atoms with Crippen LogP contribution >= 0.6 is 0 Å². The lowest BCUT2D eigenvalue weighted by Gasteiger charge is -2.12. The average molecular weight is 291 g/mol. The van der Waals surface area contributed by atoms with Gasteiger partial charge in [0, 0.05) is 24.3 Å². The zero-order valence-corrected chi connectivity index (χ0v) is 14.0. The van der Waals surface area contributed by atoms with Crippen LogP contribution in [0.15, 0.2) is 12.1 Å². The first-order chi connectivity index (χ1) is 9.93. The Balaban J connectivity index is 2.73. The van der Waals surface area contributed by atoms with Gasteiger partial charge in [-0.25, -0.2) is 4.98 Å². The Morgan fingerprint density at radius 2 is 1.95 bits per heavy atom. The molecule has 1 amide bonds. The topological polar surface area (TPSA) is 54.0 Å². The van der Waals surface area contributed by atoms with Crippen LogP contribution < -0.4 is 10.6 Å². The molecule has 0 aliphatic carbocycles. The second-order valence-corrected chi connectivity index (χ2v) is 6.14. The molecule has 0 fully saturated rings. The van der Waals surface area contributed by atoms with Crippen molar-refractivity contribution in [1.29, 1.82) is 0 Å². The summed E-state index contributed by atoms with van der Waals surface area (Å²) >= 11 is 0. The van der Waals surface area contributed by atoms with Crippen molar-refractivity contribution in [2.24, 2.45) is 5.92 Å². The van der Waals surface area contributed by atoms with Crippen molar-refractivity contribution in [3.8, 4) is 0 Å². The summed E-state index contributed by atoms with van der Waals surface area (Å²) in [7, 11) is 0. The summed E-state index contributed by atoms with van der Waals surface area (Å²) in [6, 6.07) is 3.72. The highest BCUT2D eigenvalue weighted by atomic mass is 16.1. The van der Waals surface area contributed by atoms with E-state index in [1.54, 1.807) is 0 Å². The minimum atomic E-state index is -0.0118. The summed E-state index contributed by atoms with van der Waals surface area (Å²) in [6.45, 7) is 12.1. The predicted octanol–water partition coefficient (Wildman–Crippen LogP) is 3.80. The Morgan fingerprint density at radius 3 is 2.52 bits per heavy atom. The van der Waals surface area contributed by atoms with Gasteiger partial charge in [0.1, 0.15) is 5.82 Å². The standard InChI is InChI=1S/C17H29N3O/c1-6-18-16-11-14(10-15(20-16)13(4)5)17(21)19-9-7-8-12(2)3/h10-13H,6-9H2,1-5H3,(H,18,20)(H,19,21). The molecule has 0 bridgehead atoms. The maximum Gasteiger partial charge on any atom is 0.251 e. The molecule has 118 valence electrons. The number of nitrogens with zero attached hydrogens (tertiary/aromatic N) is 1. The minimum Gasteiger partial charge on any atom is -0.370 e. The zero-order valence-electron chi connectivity index (χ0n) is 14.0. The van der Waals surface area contributed by atoms with Gasteiger partial charge in [-0.05, 0) is 43.7 Å².